The van der Waals surface area contributed by atoms with Crippen LogP contribution in [-0.2, 0) is 15.4 Å². The summed E-state index contributed by atoms with van der Waals surface area (Å²) in [4.78, 5) is 12.8. The van der Waals surface area contributed by atoms with Crippen molar-refractivity contribution in [3.63, 3.8) is 0 Å². The monoisotopic (exact) mass is 421 g/mol. The molecular weight excluding hydrogens is 398 g/mol. The number of sulfonamides is 1. The molecule has 2 aromatic rings. The Kier molecular flexibility index (Phi) is 6.48. The van der Waals surface area contributed by atoms with Gasteiger partial charge in [-0.25, -0.2) is 4.83 Å². The van der Waals surface area contributed by atoms with E-state index in [9.17, 15) is 18.5 Å². The lowest BCUT2D eigenvalue weighted by Crippen LogP contribution is -2.19. The summed E-state index contributed by atoms with van der Waals surface area (Å²) in [5, 5.41) is 15.0. The molecule has 0 aliphatic heterocycles. The van der Waals surface area contributed by atoms with Crippen LogP contribution in [0.4, 0.5) is 5.69 Å². The summed E-state index contributed by atoms with van der Waals surface area (Å²) < 4.78 is 35.0. The number of nitro groups is 1. The standard InChI is InChI=1S/C19H23N3O6S/c1-19(2,3)14-6-8-15(9-7-14)29(25,26)21-20-12-13-10-17(27-4)18(28-5)11-16(13)22(23)24/h6-12,21H,1-5H3. The zero-order valence-corrected chi connectivity index (χ0v) is 17.6. The Morgan fingerprint density at radius 1 is 1.07 bits per heavy atom. The zero-order chi connectivity index (χ0) is 21.8. The van der Waals surface area contributed by atoms with Crippen LogP contribution in [0.2, 0.25) is 0 Å². The van der Waals surface area contributed by atoms with Crippen molar-refractivity contribution in [3.8, 4) is 11.5 Å². The third-order valence-corrected chi connectivity index (χ3v) is 5.38. The van der Waals surface area contributed by atoms with Gasteiger partial charge < -0.3 is 9.47 Å². The van der Waals surface area contributed by atoms with Crippen LogP contribution in [-0.4, -0.2) is 33.8 Å². The maximum Gasteiger partial charge on any atom is 0.282 e. The summed E-state index contributed by atoms with van der Waals surface area (Å²) in [5.41, 5.74) is 0.625. The second-order valence-corrected chi connectivity index (χ2v) is 8.81. The van der Waals surface area contributed by atoms with Gasteiger partial charge in [-0.3, -0.25) is 10.1 Å². The van der Waals surface area contributed by atoms with Gasteiger partial charge in [0.05, 0.1) is 41.9 Å². The summed E-state index contributed by atoms with van der Waals surface area (Å²) in [6.07, 6.45) is 1.04. The number of nitrogens with one attached hydrogen (secondary N) is 1. The maximum atomic E-state index is 12.4. The Morgan fingerprint density at radius 2 is 1.62 bits per heavy atom. The molecule has 0 unspecified atom stereocenters. The van der Waals surface area contributed by atoms with E-state index in [0.717, 1.165) is 11.8 Å². The molecule has 0 aliphatic carbocycles. The average molecular weight is 421 g/mol. The van der Waals surface area contributed by atoms with Gasteiger partial charge in [-0.2, -0.15) is 13.5 Å². The minimum atomic E-state index is -3.93. The van der Waals surface area contributed by atoms with Crippen molar-refractivity contribution in [3.05, 3.63) is 57.6 Å². The Labute approximate surface area is 169 Å². The van der Waals surface area contributed by atoms with Crippen molar-refractivity contribution >= 4 is 21.9 Å². The number of nitrogens with zero attached hydrogens (tertiary/aromatic N) is 2. The lowest BCUT2D eigenvalue weighted by atomic mass is 9.87. The SMILES string of the molecule is COc1cc(C=NNS(=O)(=O)c2ccc(C(C)(C)C)cc2)c([N+](=O)[O-])cc1OC. The number of nitro benzene ring substituents is 1. The normalized spacial score (nSPS) is 12.0. The van der Waals surface area contributed by atoms with Gasteiger partial charge in [0.2, 0.25) is 0 Å². The van der Waals surface area contributed by atoms with E-state index in [2.05, 4.69) is 9.93 Å². The molecule has 1 N–H and O–H groups in total. The van der Waals surface area contributed by atoms with Gasteiger partial charge in [0.1, 0.15) is 0 Å². The molecule has 29 heavy (non-hydrogen) atoms. The van der Waals surface area contributed by atoms with E-state index in [1.807, 2.05) is 20.8 Å². The summed E-state index contributed by atoms with van der Waals surface area (Å²) in [5.74, 6) is 0.427. The predicted octanol–water partition coefficient (Wildman–Crippen LogP) is 3.22. The zero-order valence-electron chi connectivity index (χ0n) is 16.8. The molecule has 0 fully saturated rings. The van der Waals surface area contributed by atoms with Crippen molar-refractivity contribution in [2.45, 2.75) is 31.1 Å². The number of hydrogen-bond acceptors (Lipinski definition) is 7. The van der Waals surface area contributed by atoms with Crippen LogP contribution in [0.3, 0.4) is 0 Å². The molecule has 0 saturated heterocycles. The van der Waals surface area contributed by atoms with E-state index < -0.39 is 14.9 Å². The second-order valence-electron chi connectivity index (χ2n) is 7.15. The third-order valence-electron chi connectivity index (χ3n) is 4.14. The highest BCUT2D eigenvalue weighted by Gasteiger charge is 2.20. The highest BCUT2D eigenvalue weighted by molar-refractivity contribution is 7.89. The summed E-state index contributed by atoms with van der Waals surface area (Å²) in [6.45, 7) is 6.07. The Morgan fingerprint density at radius 3 is 2.10 bits per heavy atom. The molecule has 156 valence electrons. The number of hydrogen-bond donors (Lipinski definition) is 1. The molecule has 0 heterocycles. The molecule has 0 aromatic heterocycles. The number of benzene rings is 2. The van der Waals surface area contributed by atoms with Crippen LogP contribution in [0.25, 0.3) is 0 Å². The predicted molar refractivity (Wildman–Crippen MR) is 109 cm³/mol. The first kappa shape index (κ1) is 22.2. The third kappa shape index (κ3) is 5.23. The van der Waals surface area contributed by atoms with E-state index in [1.54, 1.807) is 12.1 Å². The molecule has 0 radical (unpaired) electrons. The van der Waals surface area contributed by atoms with Crippen LogP contribution in [0.5, 0.6) is 11.5 Å². The van der Waals surface area contributed by atoms with Gasteiger partial charge >= 0.3 is 0 Å². The number of rotatable bonds is 7. The maximum absolute atomic E-state index is 12.4. The quantitative estimate of drug-likeness (QED) is 0.416. The molecule has 10 heteroatoms. The van der Waals surface area contributed by atoms with Crippen molar-refractivity contribution < 1.29 is 22.8 Å². The lowest BCUT2D eigenvalue weighted by Gasteiger charge is -2.19. The van der Waals surface area contributed by atoms with Gasteiger partial charge in [-0.1, -0.05) is 32.9 Å². The molecule has 9 nitrogen and oxygen atoms in total. The number of ether oxygens (including phenoxy) is 2. The molecule has 0 spiro atoms. The molecule has 0 saturated carbocycles. The first-order valence-corrected chi connectivity index (χ1v) is 10.0. The minimum absolute atomic E-state index is 0.0319. The van der Waals surface area contributed by atoms with Gasteiger partial charge in [0, 0.05) is 0 Å². The fourth-order valence-electron chi connectivity index (χ4n) is 2.50. The topological polar surface area (TPSA) is 120 Å². The molecule has 0 amide bonds. The average Bonchev–Trinajstić information content (AvgIpc) is 2.66. The van der Waals surface area contributed by atoms with Crippen LogP contribution in [0, 0.1) is 10.1 Å². The summed E-state index contributed by atoms with van der Waals surface area (Å²) in [7, 11) is -1.19. The van der Waals surface area contributed by atoms with E-state index in [4.69, 9.17) is 9.47 Å². The highest BCUT2D eigenvalue weighted by atomic mass is 32.2. The van der Waals surface area contributed by atoms with Gasteiger partial charge in [-0.05, 0) is 29.2 Å². The fraction of sp³-hybridized carbons (Fsp3) is 0.316. The van der Waals surface area contributed by atoms with E-state index in [-0.39, 0.29) is 33.1 Å². The summed E-state index contributed by atoms with van der Waals surface area (Å²) in [6, 6.07) is 8.95. The smallest absolute Gasteiger partial charge is 0.282 e. The van der Waals surface area contributed by atoms with Crippen LogP contribution in [0.15, 0.2) is 46.4 Å². The van der Waals surface area contributed by atoms with Crippen molar-refractivity contribution in [2.24, 2.45) is 5.10 Å². The number of methoxy groups -OCH3 is 2. The first-order valence-electron chi connectivity index (χ1n) is 8.55. The van der Waals surface area contributed by atoms with Crippen LogP contribution >= 0.6 is 0 Å². The Hall–Kier alpha value is -3.14. The molecule has 0 bridgehead atoms. The Balaban J connectivity index is 2.29. The molecule has 0 atom stereocenters. The largest absolute Gasteiger partial charge is 0.493 e. The molecule has 2 aromatic carbocycles. The molecular formula is C19H23N3O6S. The molecule has 0 aliphatic rings. The second kappa shape index (κ2) is 8.48. The van der Waals surface area contributed by atoms with Gasteiger partial charge in [-0.15, -0.1) is 0 Å². The highest BCUT2D eigenvalue weighted by Crippen LogP contribution is 2.33. The lowest BCUT2D eigenvalue weighted by molar-refractivity contribution is -0.385. The number of hydrazone groups is 1. The van der Waals surface area contributed by atoms with E-state index in [1.165, 1.54) is 38.5 Å². The first-order chi connectivity index (χ1) is 13.5. The molecule has 2 rings (SSSR count). The van der Waals surface area contributed by atoms with Crippen molar-refractivity contribution in [1.82, 2.24) is 4.83 Å². The van der Waals surface area contributed by atoms with E-state index >= 15 is 0 Å². The van der Waals surface area contributed by atoms with Gasteiger partial charge in [0.25, 0.3) is 15.7 Å². The van der Waals surface area contributed by atoms with Crippen molar-refractivity contribution in [1.29, 1.82) is 0 Å². The fourth-order valence-corrected chi connectivity index (χ4v) is 3.29. The van der Waals surface area contributed by atoms with Crippen molar-refractivity contribution in [2.75, 3.05) is 14.2 Å². The van der Waals surface area contributed by atoms with E-state index in [0.29, 0.717) is 0 Å². The summed E-state index contributed by atoms with van der Waals surface area (Å²) >= 11 is 0. The van der Waals surface area contributed by atoms with Gasteiger partial charge in [0.15, 0.2) is 11.5 Å². The minimum Gasteiger partial charge on any atom is -0.493 e. The Bertz CT molecular complexity index is 1030. The van der Waals surface area contributed by atoms with Crippen LogP contribution < -0.4 is 14.3 Å². The van der Waals surface area contributed by atoms with Crippen LogP contribution in [0.1, 0.15) is 31.9 Å².